The number of thiazole rings is 1. The molecule has 0 bridgehead atoms. The van der Waals surface area contributed by atoms with Gasteiger partial charge in [-0.15, -0.1) is 11.3 Å². The van der Waals surface area contributed by atoms with Crippen LogP contribution in [0.1, 0.15) is 62.4 Å². The molecular formula is C25H38N4O3S2. The molecule has 1 heterocycles. The van der Waals surface area contributed by atoms with Crippen LogP contribution in [0.5, 0.6) is 5.75 Å². The molecule has 7 nitrogen and oxygen atoms in total. The first-order chi connectivity index (χ1) is 16.4. The number of nitrogens with zero attached hydrogens (tertiary/aromatic N) is 2. The summed E-state index contributed by atoms with van der Waals surface area (Å²) in [5, 5.41) is 0.701. The third kappa shape index (κ3) is 6.30. The molecule has 0 spiro atoms. The van der Waals surface area contributed by atoms with Gasteiger partial charge >= 0.3 is 0 Å². The number of fused-ring (bicyclic) bond motifs is 1. The van der Waals surface area contributed by atoms with Crippen LogP contribution in [0.25, 0.3) is 0 Å². The number of benzene rings is 1. The van der Waals surface area contributed by atoms with Gasteiger partial charge in [0.15, 0.2) is 5.13 Å². The van der Waals surface area contributed by atoms with Crippen LogP contribution in [0.2, 0.25) is 0 Å². The maximum absolute atomic E-state index is 12.8. The Morgan fingerprint density at radius 3 is 2.56 bits per heavy atom. The van der Waals surface area contributed by atoms with Gasteiger partial charge in [0.1, 0.15) is 5.75 Å². The molecular weight excluding hydrogens is 468 g/mol. The molecule has 1 saturated carbocycles. The third-order valence-electron chi connectivity index (χ3n) is 7.32. The summed E-state index contributed by atoms with van der Waals surface area (Å²) in [6, 6.07) is 7.17. The second-order valence-electron chi connectivity index (χ2n) is 9.66. The van der Waals surface area contributed by atoms with Crippen LogP contribution in [0.4, 0.5) is 5.13 Å². The third-order valence-corrected chi connectivity index (χ3v) is 9.81. The van der Waals surface area contributed by atoms with E-state index in [1.807, 2.05) is 0 Å². The fourth-order valence-electron chi connectivity index (χ4n) is 5.41. The van der Waals surface area contributed by atoms with Crippen LogP contribution in [0.15, 0.2) is 29.2 Å². The lowest BCUT2D eigenvalue weighted by Gasteiger charge is -2.36. The number of nitrogen functional groups attached to an aromatic ring is 1. The van der Waals surface area contributed by atoms with Crippen molar-refractivity contribution in [2.45, 2.75) is 81.7 Å². The van der Waals surface area contributed by atoms with Gasteiger partial charge in [-0.1, -0.05) is 6.92 Å². The number of methoxy groups -OCH3 is 1. The van der Waals surface area contributed by atoms with E-state index in [1.54, 1.807) is 42.7 Å². The summed E-state index contributed by atoms with van der Waals surface area (Å²) < 4.78 is 33.6. The average molecular weight is 507 g/mol. The van der Waals surface area contributed by atoms with Gasteiger partial charge in [0.2, 0.25) is 10.0 Å². The molecule has 1 atom stereocenters. The van der Waals surface area contributed by atoms with Crippen molar-refractivity contribution in [2.24, 2.45) is 5.92 Å². The van der Waals surface area contributed by atoms with Gasteiger partial charge in [-0.2, -0.15) is 0 Å². The summed E-state index contributed by atoms with van der Waals surface area (Å²) >= 11 is 1.66. The SMILES string of the molecule is CCCN(CCC1CCC(NS(=O)(=O)c2ccc(OC)cc2)CC1)[C@H]1CCc2nc(N)sc2C1. The molecule has 0 amide bonds. The van der Waals surface area contributed by atoms with E-state index in [0.29, 0.717) is 27.7 Å². The lowest BCUT2D eigenvalue weighted by atomic mass is 9.84. The van der Waals surface area contributed by atoms with E-state index >= 15 is 0 Å². The number of sulfonamides is 1. The van der Waals surface area contributed by atoms with Crippen LogP contribution in [-0.2, 0) is 22.9 Å². The average Bonchev–Trinajstić information content (AvgIpc) is 3.21. The van der Waals surface area contributed by atoms with Crippen molar-refractivity contribution >= 4 is 26.5 Å². The Labute approximate surface area is 208 Å². The van der Waals surface area contributed by atoms with Gasteiger partial charge in [-0.25, -0.2) is 18.1 Å². The highest BCUT2D eigenvalue weighted by Crippen LogP contribution is 2.32. The summed E-state index contributed by atoms with van der Waals surface area (Å²) in [6.07, 6.45) is 9.58. The number of rotatable bonds is 10. The van der Waals surface area contributed by atoms with Crippen molar-refractivity contribution in [1.82, 2.24) is 14.6 Å². The van der Waals surface area contributed by atoms with Crippen LogP contribution in [-0.4, -0.2) is 50.6 Å². The van der Waals surface area contributed by atoms with Crippen molar-refractivity contribution in [3.63, 3.8) is 0 Å². The van der Waals surface area contributed by atoms with Crippen molar-refractivity contribution < 1.29 is 13.2 Å². The number of ether oxygens (including phenoxy) is 1. The Morgan fingerprint density at radius 1 is 1.15 bits per heavy atom. The number of hydrogen-bond donors (Lipinski definition) is 2. The number of anilines is 1. The Bertz CT molecular complexity index is 1030. The number of aryl methyl sites for hydroxylation is 1. The lowest BCUT2D eigenvalue weighted by molar-refractivity contribution is 0.158. The fourth-order valence-corrected chi connectivity index (χ4v) is 7.67. The van der Waals surface area contributed by atoms with E-state index in [2.05, 4.69) is 21.5 Å². The summed E-state index contributed by atoms with van der Waals surface area (Å²) in [4.78, 5) is 8.84. The molecule has 188 valence electrons. The zero-order chi connectivity index (χ0) is 24.1. The summed E-state index contributed by atoms with van der Waals surface area (Å²) in [5.74, 6) is 1.32. The molecule has 1 aromatic heterocycles. The molecule has 4 rings (SSSR count). The minimum atomic E-state index is -3.50. The Kier molecular flexibility index (Phi) is 8.50. The van der Waals surface area contributed by atoms with E-state index in [4.69, 9.17) is 10.5 Å². The van der Waals surface area contributed by atoms with Gasteiger partial charge in [0, 0.05) is 17.0 Å². The minimum absolute atomic E-state index is 0.0173. The number of hydrogen-bond acceptors (Lipinski definition) is 7. The molecule has 0 saturated heterocycles. The molecule has 0 aliphatic heterocycles. The van der Waals surface area contributed by atoms with Crippen LogP contribution >= 0.6 is 11.3 Å². The number of nitrogens with one attached hydrogen (secondary N) is 1. The van der Waals surface area contributed by atoms with Crippen molar-refractivity contribution in [1.29, 1.82) is 0 Å². The summed E-state index contributed by atoms with van der Waals surface area (Å²) in [5.41, 5.74) is 7.15. The topological polar surface area (TPSA) is 97.5 Å². The normalized spacial score (nSPS) is 23.1. The number of nitrogens with two attached hydrogens (primary N) is 1. The van der Waals surface area contributed by atoms with Crippen molar-refractivity contribution in [2.75, 3.05) is 25.9 Å². The van der Waals surface area contributed by atoms with Gasteiger partial charge in [0.25, 0.3) is 0 Å². The molecule has 2 aromatic rings. The first kappa shape index (κ1) is 25.4. The van der Waals surface area contributed by atoms with E-state index in [1.165, 1.54) is 17.0 Å². The molecule has 0 radical (unpaired) electrons. The Morgan fingerprint density at radius 2 is 1.88 bits per heavy atom. The molecule has 2 aliphatic rings. The predicted octanol–water partition coefficient (Wildman–Crippen LogP) is 4.23. The van der Waals surface area contributed by atoms with Crippen LogP contribution < -0.4 is 15.2 Å². The molecule has 2 aliphatic carbocycles. The monoisotopic (exact) mass is 506 g/mol. The Balaban J connectivity index is 1.25. The van der Waals surface area contributed by atoms with E-state index in [0.717, 1.165) is 64.5 Å². The molecule has 1 fully saturated rings. The van der Waals surface area contributed by atoms with Gasteiger partial charge in [0.05, 0.1) is 17.7 Å². The first-order valence-electron chi connectivity index (χ1n) is 12.5. The largest absolute Gasteiger partial charge is 0.497 e. The fraction of sp³-hybridized carbons (Fsp3) is 0.640. The quantitative estimate of drug-likeness (QED) is 0.500. The van der Waals surface area contributed by atoms with E-state index < -0.39 is 10.0 Å². The molecule has 3 N–H and O–H groups in total. The van der Waals surface area contributed by atoms with Gasteiger partial charge in [-0.3, -0.25) is 0 Å². The van der Waals surface area contributed by atoms with Gasteiger partial charge < -0.3 is 15.4 Å². The summed E-state index contributed by atoms with van der Waals surface area (Å²) in [7, 11) is -1.93. The summed E-state index contributed by atoms with van der Waals surface area (Å²) in [6.45, 7) is 4.51. The predicted molar refractivity (Wildman–Crippen MR) is 138 cm³/mol. The molecule has 1 aromatic carbocycles. The highest BCUT2D eigenvalue weighted by Gasteiger charge is 2.29. The van der Waals surface area contributed by atoms with E-state index in [-0.39, 0.29) is 6.04 Å². The minimum Gasteiger partial charge on any atom is -0.497 e. The Hall–Kier alpha value is -1.68. The lowest BCUT2D eigenvalue weighted by Crippen LogP contribution is -2.41. The molecule has 34 heavy (non-hydrogen) atoms. The van der Waals surface area contributed by atoms with Crippen LogP contribution in [0, 0.1) is 5.92 Å². The number of aromatic nitrogens is 1. The second kappa shape index (κ2) is 11.4. The zero-order valence-corrected chi connectivity index (χ0v) is 22.0. The standard InChI is InChI=1S/C25H38N4O3S2/c1-3-15-29(20-8-13-23-24(17-20)33-25(26)27-23)16-14-18-4-6-19(7-5-18)28-34(30,31)22-11-9-21(32-2)10-12-22/h9-12,18-20,28H,3-8,13-17H2,1-2H3,(H2,26,27)/t18?,19?,20-/m0/s1. The maximum atomic E-state index is 12.8. The zero-order valence-electron chi connectivity index (χ0n) is 20.3. The second-order valence-corrected chi connectivity index (χ2v) is 12.5. The maximum Gasteiger partial charge on any atom is 0.240 e. The van der Waals surface area contributed by atoms with Crippen LogP contribution in [0.3, 0.4) is 0 Å². The molecule has 0 unspecified atom stereocenters. The smallest absolute Gasteiger partial charge is 0.240 e. The van der Waals surface area contributed by atoms with Crippen molar-refractivity contribution in [3.05, 3.63) is 34.8 Å². The first-order valence-corrected chi connectivity index (χ1v) is 14.8. The highest BCUT2D eigenvalue weighted by atomic mass is 32.2. The van der Waals surface area contributed by atoms with Crippen molar-refractivity contribution in [3.8, 4) is 5.75 Å². The van der Waals surface area contributed by atoms with Gasteiger partial charge in [-0.05, 0) is 101 Å². The molecule has 9 heteroatoms. The highest BCUT2D eigenvalue weighted by molar-refractivity contribution is 7.89. The van der Waals surface area contributed by atoms with E-state index in [9.17, 15) is 8.42 Å².